The van der Waals surface area contributed by atoms with E-state index in [1.165, 1.54) is 7.11 Å². The van der Waals surface area contributed by atoms with Crippen molar-refractivity contribution in [2.24, 2.45) is 4.99 Å². The van der Waals surface area contributed by atoms with Crippen LogP contribution in [0.1, 0.15) is 11.1 Å². The Balaban J connectivity index is 2.17. The van der Waals surface area contributed by atoms with E-state index in [0.717, 1.165) is 11.1 Å². The Labute approximate surface area is 140 Å². The van der Waals surface area contributed by atoms with Crippen LogP contribution in [0, 0.1) is 0 Å². The number of halogens is 1. The molecule has 0 aliphatic heterocycles. The van der Waals surface area contributed by atoms with Crippen molar-refractivity contribution in [3.05, 3.63) is 64.7 Å². The molecule has 0 aliphatic carbocycles. The van der Waals surface area contributed by atoms with E-state index >= 15 is 0 Å². The van der Waals surface area contributed by atoms with Crippen molar-refractivity contribution in [3.8, 4) is 5.75 Å². The minimum absolute atomic E-state index is 0.371. The Kier molecular flexibility index (Phi) is 6.18. The van der Waals surface area contributed by atoms with Gasteiger partial charge in [-0.3, -0.25) is 4.99 Å². The second-order valence-electron chi connectivity index (χ2n) is 4.90. The summed E-state index contributed by atoms with van der Waals surface area (Å²) in [6, 6.07) is 14.4. The lowest BCUT2D eigenvalue weighted by molar-refractivity contribution is -0.142. The molecule has 0 aromatic heterocycles. The molecule has 23 heavy (non-hydrogen) atoms. The maximum Gasteiger partial charge on any atom is 0.330 e. The molecule has 2 aromatic rings. The van der Waals surface area contributed by atoms with Gasteiger partial charge in [-0.15, -0.1) is 0 Å². The molecule has 0 spiro atoms. The zero-order chi connectivity index (χ0) is 16.7. The molecule has 120 valence electrons. The summed E-state index contributed by atoms with van der Waals surface area (Å²) in [5.41, 5.74) is 1.81. The van der Waals surface area contributed by atoms with Crippen molar-refractivity contribution >= 4 is 23.8 Å². The number of nitrogens with zero attached hydrogens (tertiary/aromatic N) is 1. The molecule has 1 atom stereocenters. The highest BCUT2D eigenvalue weighted by Gasteiger charge is 2.17. The van der Waals surface area contributed by atoms with Gasteiger partial charge in [-0.2, -0.15) is 0 Å². The largest absolute Gasteiger partial charge is 0.495 e. The van der Waals surface area contributed by atoms with Crippen LogP contribution >= 0.6 is 11.6 Å². The van der Waals surface area contributed by atoms with Crippen molar-refractivity contribution in [3.63, 3.8) is 0 Å². The fourth-order valence-electron chi connectivity index (χ4n) is 2.11. The molecule has 4 nitrogen and oxygen atoms in total. The van der Waals surface area contributed by atoms with E-state index < -0.39 is 6.04 Å². The molecule has 0 saturated heterocycles. The number of methoxy groups -OCH3 is 2. The summed E-state index contributed by atoms with van der Waals surface area (Å²) in [6.07, 6.45) is 2.10. The quantitative estimate of drug-likeness (QED) is 0.600. The van der Waals surface area contributed by atoms with E-state index in [1.807, 2.05) is 36.4 Å². The lowest BCUT2D eigenvalue weighted by atomic mass is 10.1. The number of benzene rings is 2. The number of hydrogen-bond donors (Lipinski definition) is 0. The lowest BCUT2D eigenvalue weighted by Gasteiger charge is -2.10. The van der Waals surface area contributed by atoms with Crippen molar-refractivity contribution in [2.75, 3.05) is 14.2 Å². The molecule has 5 heteroatoms. The van der Waals surface area contributed by atoms with Crippen LogP contribution in [0.2, 0.25) is 5.02 Å². The maximum absolute atomic E-state index is 11.9. The summed E-state index contributed by atoms with van der Waals surface area (Å²) in [5.74, 6) is 0.224. The highest BCUT2D eigenvalue weighted by Crippen LogP contribution is 2.24. The van der Waals surface area contributed by atoms with Gasteiger partial charge in [0.05, 0.1) is 19.2 Å². The van der Waals surface area contributed by atoms with Crippen LogP contribution in [0.3, 0.4) is 0 Å². The Bertz CT molecular complexity index is 686. The van der Waals surface area contributed by atoms with Crippen LogP contribution in [0.25, 0.3) is 0 Å². The summed E-state index contributed by atoms with van der Waals surface area (Å²) in [4.78, 5) is 16.3. The average Bonchev–Trinajstić information content (AvgIpc) is 2.59. The number of esters is 1. The van der Waals surface area contributed by atoms with Crippen LogP contribution in [-0.2, 0) is 16.0 Å². The summed E-state index contributed by atoms with van der Waals surface area (Å²) >= 11 is 6.09. The van der Waals surface area contributed by atoms with Gasteiger partial charge in [-0.25, -0.2) is 4.79 Å². The van der Waals surface area contributed by atoms with Crippen LogP contribution in [0.4, 0.5) is 0 Å². The Morgan fingerprint density at radius 3 is 2.57 bits per heavy atom. The molecule has 0 bridgehead atoms. The summed E-state index contributed by atoms with van der Waals surface area (Å²) in [6.45, 7) is 0. The zero-order valence-electron chi connectivity index (χ0n) is 13.0. The Hall–Kier alpha value is -2.33. The van der Waals surface area contributed by atoms with Gasteiger partial charge in [0.15, 0.2) is 6.04 Å². The molecular weight excluding hydrogens is 314 g/mol. The molecule has 0 amide bonds. The minimum atomic E-state index is -0.594. The van der Waals surface area contributed by atoms with E-state index in [0.29, 0.717) is 17.2 Å². The highest BCUT2D eigenvalue weighted by molar-refractivity contribution is 6.32. The molecule has 0 N–H and O–H groups in total. The van der Waals surface area contributed by atoms with Crippen molar-refractivity contribution in [1.82, 2.24) is 0 Å². The van der Waals surface area contributed by atoms with Gasteiger partial charge >= 0.3 is 5.97 Å². The Morgan fingerprint density at radius 1 is 1.22 bits per heavy atom. The van der Waals surface area contributed by atoms with Crippen LogP contribution in [0.5, 0.6) is 5.75 Å². The molecule has 2 aromatic carbocycles. The van der Waals surface area contributed by atoms with Gasteiger partial charge in [-0.1, -0.05) is 41.9 Å². The molecule has 0 aliphatic rings. The monoisotopic (exact) mass is 331 g/mol. The second kappa shape index (κ2) is 8.34. The number of carbonyl (C=O) groups excluding carboxylic acids is 1. The van der Waals surface area contributed by atoms with Gasteiger partial charge < -0.3 is 9.47 Å². The first-order valence-corrected chi connectivity index (χ1v) is 7.50. The molecule has 0 fully saturated rings. The van der Waals surface area contributed by atoms with Gasteiger partial charge in [0.2, 0.25) is 0 Å². The topological polar surface area (TPSA) is 47.9 Å². The van der Waals surface area contributed by atoms with Crippen LogP contribution < -0.4 is 4.74 Å². The SMILES string of the molecule is COC(=O)[C@@H](Cc1ccccc1)N=Cc1ccc(OC)c(Cl)c1. The third kappa shape index (κ3) is 4.83. The van der Waals surface area contributed by atoms with Gasteiger partial charge in [0, 0.05) is 12.6 Å². The van der Waals surface area contributed by atoms with Crippen LogP contribution in [-0.4, -0.2) is 32.4 Å². The number of rotatable bonds is 6. The number of carbonyl (C=O) groups is 1. The maximum atomic E-state index is 11.9. The standard InChI is InChI=1S/C18H18ClNO3/c1-22-17-9-8-14(10-15(17)19)12-20-16(18(21)23-2)11-13-6-4-3-5-7-13/h3-10,12,16H,11H2,1-2H3/t16-/m1/s1. The first kappa shape index (κ1) is 17.0. The fraction of sp³-hybridized carbons (Fsp3) is 0.222. The number of aliphatic imine (C=N–C) groups is 1. The van der Waals surface area contributed by atoms with Gasteiger partial charge in [0.25, 0.3) is 0 Å². The number of ether oxygens (including phenoxy) is 2. The molecule has 0 unspecified atom stereocenters. The lowest BCUT2D eigenvalue weighted by Crippen LogP contribution is -2.23. The first-order chi connectivity index (χ1) is 11.1. The Morgan fingerprint density at radius 2 is 1.96 bits per heavy atom. The van der Waals surface area contributed by atoms with Crippen LogP contribution in [0.15, 0.2) is 53.5 Å². The number of hydrogen-bond acceptors (Lipinski definition) is 4. The van der Waals surface area contributed by atoms with Gasteiger partial charge in [0.1, 0.15) is 5.75 Å². The predicted molar refractivity (Wildman–Crippen MR) is 91.5 cm³/mol. The minimum Gasteiger partial charge on any atom is -0.495 e. The first-order valence-electron chi connectivity index (χ1n) is 7.12. The molecule has 0 heterocycles. The normalized spacial score (nSPS) is 12.1. The average molecular weight is 332 g/mol. The molecular formula is C18H18ClNO3. The van der Waals surface area contributed by atoms with Crippen molar-refractivity contribution in [2.45, 2.75) is 12.5 Å². The summed E-state index contributed by atoms with van der Waals surface area (Å²) in [7, 11) is 2.92. The molecule has 0 radical (unpaired) electrons. The predicted octanol–water partition coefficient (Wildman–Crippen LogP) is 3.55. The van der Waals surface area contributed by atoms with Crippen molar-refractivity contribution in [1.29, 1.82) is 0 Å². The zero-order valence-corrected chi connectivity index (χ0v) is 13.8. The highest BCUT2D eigenvalue weighted by atomic mass is 35.5. The third-order valence-electron chi connectivity index (χ3n) is 3.32. The molecule has 0 saturated carbocycles. The van der Waals surface area contributed by atoms with E-state index in [-0.39, 0.29) is 5.97 Å². The van der Waals surface area contributed by atoms with E-state index in [1.54, 1.807) is 25.5 Å². The van der Waals surface area contributed by atoms with E-state index in [2.05, 4.69) is 4.99 Å². The van der Waals surface area contributed by atoms with Crippen molar-refractivity contribution < 1.29 is 14.3 Å². The molecule has 2 rings (SSSR count). The fourth-order valence-corrected chi connectivity index (χ4v) is 2.38. The second-order valence-corrected chi connectivity index (χ2v) is 5.31. The third-order valence-corrected chi connectivity index (χ3v) is 3.62. The summed E-state index contributed by atoms with van der Waals surface area (Å²) in [5, 5.41) is 0.495. The van der Waals surface area contributed by atoms with E-state index in [4.69, 9.17) is 21.1 Å². The van der Waals surface area contributed by atoms with Gasteiger partial charge in [-0.05, 0) is 29.3 Å². The smallest absolute Gasteiger partial charge is 0.330 e. The summed E-state index contributed by atoms with van der Waals surface area (Å²) < 4.78 is 9.94. The van der Waals surface area contributed by atoms with E-state index in [9.17, 15) is 4.79 Å².